The van der Waals surface area contributed by atoms with E-state index in [0.29, 0.717) is 12.0 Å². The highest BCUT2D eigenvalue weighted by Gasteiger charge is 2.36. The standard InChI is InChI=1S/C23H30N2O/c1-2-22-20(14-18-15-24-21-11-7-6-10-19(18)21)23(26)12-13-25(22)16-17-8-4-3-5-9-17/h4,6-11,15,20,22-24,26H,2-3,5,12-14,16H2,1H3. The molecular formula is C23H30N2O. The number of allylic oxidation sites excluding steroid dienone is 2. The van der Waals surface area contributed by atoms with Crippen LogP contribution in [0, 0.1) is 5.92 Å². The fourth-order valence-electron chi connectivity index (χ4n) is 4.81. The van der Waals surface area contributed by atoms with E-state index in [9.17, 15) is 5.11 Å². The Morgan fingerprint density at radius 1 is 1.23 bits per heavy atom. The van der Waals surface area contributed by atoms with Gasteiger partial charge >= 0.3 is 0 Å². The van der Waals surface area contributed by atoms with E-state index in [-0.39, 0.29) is 6.10 Å². The minimum atomic E-state index is -0.208. The van der Waals surface area contributed by atoms with E-state index in [1.807, 2.05) is 0 Å². The third-order valence-electron chi connectivity index (χ3n) is 6.18. The monoisotopic (exact) mass is 350 g/mol. The number of aliphatic hydroxyl groups is 1. The van der Waals surface area contributed by atoms with E-state index in [4.69, 9.17) is 0 Å². The van der Waals surface area contributed by atoms with Gasteiger partial charge in [0.2, 0.25) is 0 Å². The molecule has 26 heavy (non-hydrogen) atoms. The third-order valence-corrected chi connectivity index (χ3v) is 6.18. The first kappa shape index (κ1) is 17.6. The van der Waals surface area contributed by atoms with Gasteiger partial charge in [0.1, 0.15) is 0 Å². The molecule has 0 spiro atoms. The van der Waals surface area contributed by atoms with Crippen molar-refractivity contribution in [1.29, 1.82) is 0 Å². The number of hydrogen-bond acceptors (Lipinski definition) is 2. The molecule has 2 aromatic rings. The van der Waals surface area contributed by atoms with Crippen molar-refractivity contribution < 1.29 is 5.11 Å². The molecule has 2 N–H and O–H groups in total. The van der Waals surface area contributed by atoms with Crippen molar-refractivity contribution in [3.63, 3.8) is 0 Å². The van der Waals surface area contributed by atoms with Crippen molar-refractivity contribution in [2.75, 3.05) is 13.1 Å². The van der Waals surface area contributed by atoms with Crippen molar-refractivity contribution in [1.82, 2.24) is 9.88 Å². The number of para-hydroxylation sites is 1. The fourth-order valence-corrected chi connectivity index (χ4v) is 4.81. The number of likely N-dealkylation sites (tertiary alicyclic amines) is 1. The fraction of sp³-hybridized carbons (Fsp3) is 0.478. The summed E-state index contributed by atoms with van der Waals surface area (Å²) in [5.74, 6) is 0.293. The highest BCUT2D eigenvalue weighted by Crippen LogP contribution is 2.32. The maximum absolute atomic E-state index is 10.8. The van der Waals surface area contributed by atoms with Gasteiger partial charge in [0.05, 0.1) is 6.10 Å². The molecule has 4 rings (SSSR count). The number of nitrogens with zero attached hydrogens (tertiary/aromatic N) is 1. The minimum absolute atomic E-state index is 0.208. The SMILES string of the molecule is CCC1C(Cc2c[nH]c3ccccc23)C(O)CCN1CC1=CCCC=C1. The van der Waals surface area contributed by atoms with Crippen LogP contribution < -0.4 is 0 Å². The highest BCUT2D eigenvalue weighted by molar-refractivity contribution is 5.83. The Morgan fingerprint density at radius 2 is 2.12 bits per heavy atom. The maximum Gasteiger partial charge on any atom is 0.0598 e. The third kappa shape index (κ3) is 3.51. The zero-order valence-corrected chi connectivity index (χ0v) is 15.7. The first-order chi connectivity index (χ1) is 12.8. The summed E-state index contributed by atoms with van der Waals surface area (Å²) in [6.45, 7) is 4.28. The summed E-state index contributed by atoms with van der Waals surface area (Å²) in [6, 6.07) is 8.92. The molecule has 138 valence electrons. The van der Waals surface area contributed by atoms with Crippen LogP contribution in [0.5, 0.6) is 0 Å². The molecule has 0 saturated carbocycles. The van der Waals surface area contributed by atoms with E-state index in [1.54, 1.807) is 0 Å². The maximum atomic E-state index is 10.8. The van der Waals surface area contributed by atoms with Gasteiger partial charge in [-0.1, -0.05) is 43.4 Å². The molecule has 2 heterocycles. The number of piperidine rings is 1. The van der Waals surface area contributed by atoms with Crippen molar-refractivity contribution in [3.05, 3.63) is 59.8 Å². The number of nitrogens with one attached hydrogen (secondary N) is 1. The van der Waals surface area contributed by atoms with Crippen LogP contribution in [0.15, 0.2) is 54.3 Å². The number of fused-ring (bicyclic) bond motifs is 1. The molecule has 2 aliphatic rings. The molecule has 1 aliphatic heterocycles. The summed E-state index contributed by atoms with van der Waals surface area (Å²) < 4.78 is 0. The second-order valence-electron chi connectivity index (χ2n) is 7.79. The summed E-state index contributed by atoms with van der Waals surface area (Å²) in [4.78, 5) is 5.99. The van der Waals surface area contributed by atoms with E-state index in [0.717, 1.165) is 38.8 Å². The summed E-state index contributed by atoms with van der Waals surface area (Å²) in [5, 5.41) is 12.1. The molecule has 1 aromatic carbocycles. The topological polar surface area (TPSA) is 39.3 Å². The lowest BCUT2D eigenvalue weighted by atomic mass is 9.80. The molecule has 1 fully saturated rings. The summed E-state index contributed by atoms with van der Waals surface area (Å²) in [7, 11) is 0. The lowest BCUT2D eigenvalue weighted by Crippen LogP contribution is -2.52. The lowest BCUT2D eigenvalue weighted by Gasteiger charge is -2.44. The van der Waals surface area contributed by atoms with E-state index in [2.05, 4.69) is 65.5 Å². The predicted molar refractivity (Wildman–Crippen MR) is 108 cm³/mol. The largest absolute Gasteiger partial charge is 0.393 e. The van der Waals surface area contributed by atoms with Gasteiger partial charge in [-0.3, -0.25) is 4.90 Å². The van der Waals surface area contributed by atoms with Gasteiger partial charge in [-0.05, 0) is 49.3 Å². The first-order valence-electron chi connectivity index (χ1n) is 10.1. The molecule has 3 atom stereocenters. The zero-order chi connectivity index (χ0) is 17.9. The quantitative estimate of drug-likeness (QED) is 0.836. The number of rotatable bonds is 5. The Kier molecular flexibility index (Phi) is 5.28. The van der Waals surface area contributed by atoms with Crippen LogP contribution in [0.2, 0.25) is 0 Å². The Labute approximate surface area is 156 Å². The van der Waals surface area contributed by atoms with Gasteiger partial charge in [0, 0.05) is 42.1 Å². The Balaban J connectivity index is 1.54. The van der Waals surface area contributed by atoms with Gasteiger partial charge < -0.3 is 10.1 Å². The Bertz CT molecular complexity index is 803. The zero-order valence-electron chi connectivity index (χ0n) is 15.7. The van der Waals surface area contributed by atoms with Crippen LogP contribution in [0.1, 0.15) is 38.2 Å². The molecule has 3 unspecified atom stereocenters. The van der Waals surface area contributed by atoms with Crippen LogP contribution in [0.3, 0.4) is 0 Å². The summed E-state index contributed by atoms with van der Waals surface area (Å²) in [6.07, 6.45) is 14.1. The highest BCUT2D eigenvalue weighted by atomic mass is 16.3. The molecule has 0 radical (unpaired) electrons. The number of aliphatic hydroxyl groups excluding tert-OH is 1. The van der Waals surface area contributed by atoms with E-state index >= 15 is 0 Å². The normalized spacial score (nSPS) is 27.0. The second kappa shape index (κ2) is 7.81. The number of benzene rings is 1. The van der Waals surface area contributed by atoms with Crippen molar-refractivity contribution in [2.45, 2.75) is 51.2 Å². The van der Waals surface area contributed by atoms with Crippen LogP contribution in [0.4, 0.5) is 0 Å². The molecule has 1 aromatic heterocycles. The molecule has 3 nitrogen and oxygen atoms in total. The average molecular weight is 351 g/mol. The summed E-state index contributed by atoms with van der Waals surface area (Å²) in [5.41, 5.74) is 3.97. The van der Waals surface area contributed by atoms with Gasteiger partial charge in [0.15, 0.2) is 0 Å². The van der Waals surface area contributed by atoms with Crippen molar-refractivity contribution in [3.8, 4) is 0 Å². The molecular weight excluding hydrogens is 320 g/mol. The first-order valence-corrected chi connectivity index (χ1v) is 10.1. The molecule has 0 bridgehead atoms. The van der Waals surface area contributed by atoms with Gasteiger partial charge in [-0.2, -0.15) is 0 Å². The smallest absolute Gasteiger partial charge is 0.0598 e. The van der Waals surface area contributed by atoms with Crippen LogP contribution in [-0.4, -0.2) is 40.2 Å². The number of aromatic amines is 1. The molecule has 0 amide bonds. The molecule has 3 heteroatoms. The van der Waals surface area contributed by atoms with Crippen molar-refractivity contribution in [2.24, 2.45) is 5.92 Å². The van der Waals surface area contributed by atoms with E-state index < -0.39 is 0 Å². The van der Waals surface area contributed by atoms with Crippen LogP contribution in [0.25, 0.3) is 10.9 Å². The van der Waals surface area contributed by atoms with Gasteiger partial charge in [-0.25, -0.2) is 0 Å². The second-order valence-corrected chi connectivity index (χ2v) is 7.79. The Morgan fingerprint density at radius 3 is 2.92 bits per heavy atom. The van der Waals surface area contributed by atoms with Crippen LogP contribution >= 0.6 is 0 Å². The number of hydrogen-bond donors (Lipinski definition) is 2. The van der Waals surface area contributed by atoms with Gasteiger partial charge in [-0.15, -0.1) is 0 Å². The minimum Gasteiger partial charge on any atom is -0.393 e. The number of H-pyrrole nitrogens is 1. The lowest BCUT2D eigenvalue weighted by molar-refractivity contribution is -0.0135. The molecule has 1 aliphatic carbocycles. The predicted octanol–water partition coefficient (Wildman–Crippen LogP) is 4.45. The summed E-state index contributed by atoms with van der Waals surface area (Å²) >= 11 is 0. The number of aromatic nitrogens is 1. The van der Waals surface area contributed by atoms with E-state index in [1.165, 1.54) is 28.5 Å². The van der Waals surface area contributed by atoms with Gasteiger partial charge in [0.25, 0.3) is 0 Å². The average Bonchev–Trinajstić information content (AvgIpc) is 3.08. The van der Waals surface area contributed by atoms with Crippen molar-refractivity contribution >= 4 is 10.9 Å². The molecule has 1 saturated heterocycles. The Hall–Kier alpha value is -1.84. The van der Waals surface area contributed by atoms with Crippen LogP contribution in [-0.2, 0) is 6.42 Å².